The molecule has 2 heterocycles. The van der Waals surface area contributed by atoms with Crippen LogP contribution in [0.1, 0.15) is 10.4 Å². The number of aliphatic hydroxyl groups is 1. The number of aromatic amines is 1. The third kappa shape index (κ3) is 5.88. The summed E-state index contributed by atoms with van der Waals surface area (Å²) >= 11 is 1.14. The number of H-pyrrole nitrogens is 1. The quantitative estimate of drug-likeness (QED) is 0.270. The Balaban J connectivity index is 1.44. The Morgan fingerprint density at radius 1 is 1.12 bits per heavy atom. The molecule has 0 aliphatic heterocycles. The predicted molar refractivity (Wildman–Crippen MR) is 116 cm³/mol. The van der Waals surface area contributed by atoms with Crippen LogP contribution in [0.4, 0.5) is 24.3 Å². The summed E-state index contributed by atoms with van der Waals surface area (Å²) in [6.07, 6.45) is -4.77. The van der Waals surface area contributed by atoms with Gasteiger partial charge in [0.1, 0.15) is 5.75 Å². The molecule has 33 heavy (non-hydrogen) atoms. The van der Waals surface area contributed by atoms with Crippen molar-refractivity contribution in [1.82, 2.24) is 20.3 Å². The third-order valence-electron chi connectivity index (χ3n) is 4.33. The summed E-state index contributed by atoms with van der Waals surface area (Å²) in [5.41, 5.74) is 2.16. The van der Waals surface area contributed by atoms with Gasteiger partial charge in [-0.25, -0.2) is 9.97 Å². The molecule has 4 N–H and O–H groups in total. The zero-order valence-electron chi connectivity index (χ0n) is 16.9. The lowest BCUT2D eigenvalue weighted by molar-refractivity contribution is -0.274. The minimum absolute atomic E-state index is 0.0780. The summed E-state index contributed by atoms with van der Waals surface area (Å²) in [5, 5.41) is 14.8. The molecule has 0 unspecified atom stereocenters. The van der Waals surface area contributed by atoms with Crippen LogP contribution < -0.4 is 15.4 Å². The van der Waals surface area contributed by atoms with Crippen LogP contribution in [0.25, 0.3) is 21.3 Å². The van der Waals surface area contributed by atoms with Gasteiger partial charge in [0.25, 0.3) is 5.91 Å². The van der Waals surface area contributed by atoms with E-state index in [9.17, 15) is 18.0 Å². The van der Waals surface area contributed by atoms with E-state index >= 15 is 0 Å². The number of rotatable bonds is 9. The monoisotopic (exact) mass is 481 g/mol. The fourth-order valence-corrected chi connectivity index (χ4v) is 3.87. The number of carbonyl (C=O) groups excluding carboxylic acids is 1. The number of halogens is 3. The van der Waals surface area contributed by atoms with Gasteiger partial charge in [-0.05, 0) is 30.3 Å². The fourth-order valence-electron chi connectivity index (χ4n) is 2.97. The molecule has 0 aliphatic carbocycles. The number of carbonyl (C=O) groups is 1. The van der Waals surface area contributed by atoms with Crippen molar-refractivity contribution in [3.8, 4) is 5.75 Å². The molecule has 1 amide bonds. The van der Waals surface area contributed by atoms with E-state index in [0.29, 0.717) is 51.0 Å². The summed E-state index contributed by atoms with van der Waals surface area (Å²) in [4.78, 5) is 24.1. The summed E-state index contributed by atoms with van der Waals surface area (Å²) in [6.45, 7) is 0.729. The van der Waals surface area contributed by atoms with Crippen molar-refractivity contribution in [2.24, 2.45) is 0 Å². The van der Waals surface area contributed by atoms with Gasteiger partial charge in [0.2, 0.25) is 5.95 Å². The minimum atomic E-state index is -4.77. The van der Waals surface area contributed by atoms with E-state index in [1.54, 1.807) is 18.2 Å². The van der Waals surface area contributed by atoms with E-state index in [0.717, 1.165) is 11.3 Å². The van der Waals surface area contributed by atoms with Crippen molar-refractivity contribution >= 4 is 49.6 Å². The SMILES string of the molecule is O=C(NCCOCCO)c1ccc2nc(Nc3nc4ccc(OC(F)(F)F)cc4s3)[nH]c2c1. The second-order valence-electron chi connectivity index (χ2n) is 6.73. The number of hydrogen-bond acceptors (Lipinski definition) is 8. The highest BCUT2D eigenvalue weighted by atomic mass is 32.1. The molecular formula is C20H18F3N5O4S. The van der Waals surface area contributed by atoms with E-state index in [1.165, 1.54) is 18.2 Å². The highest BCUT2D eigenvalue weighted by molar-refractivity contribution is 7.22. The number of thiazole rings is 1. The van der Waals surface area contributed by atoms with Crippen molar-refractivity contribution in [1.29, 1.82) is 0 Å². The standard InChI is InChI=1S/C20H18F3N5O4S/c21-20(22,23)32-12-2-4-14-16(10-12)33-19(27-14)28-18-25-13-3-1-11(9-15(13)26-18)17(30)24-5-7-31-8-6-29/h1-4,9-10,29H,5-8H2,(H,24,30)(H2,25,26,27,28). The molecule has 0 saturated carbocycles. The van der Waals surface area contributed by atoms with Gasteiger partial charge >= 0.3 is 6.36 Å². The number of alkyl halides is 3. The number of fused-ring (bicyclic) bond motifs is 2. The average molecular weight is 481 g/mol. The Labute approximate surface area is 188 Å². The maximum Gasteiger partial charge on any atom is 0.573 e. The Morgan fingerprint density at radius 3 is 2.73 bits per heavy atom. The highest BCUT2D eigenvalue weighted by Gasteiger charge is 2.31. The molecule has 2 aromatic carbocycles. The van der Waals surface area contributed by atoms with Crippen LogP contribution in [-0.4, -0.2) is 58.7 Å². The van der Waals surface area contributed by atoms with E-state index in [4.69, 9.17) is 9.84 Å². The maximum atomic E-state index is 12.4. The van der Waals surface area contributed by atoms with Crippen LogP contribution in [0.15, 0.2) is 36.4 Å². The number of nitrogens with one attached hydrogen (secondary N) is 3. The zero-order chi connectivity index (χ0) is 23.4. The average Bonchev–Trinajstić information content (AvgIpc) is 3.34. The second kappa shape index (κ2) is 9.60. The van der Waals surface area contributed by atoms with Crippen LogP contribution in [0, 0.1) is 0 Å². The second-order valence-corrected chi connectivity index (χ2v) is 7.76. The number of hydrogen-bond donors (Lipinski definition) is 4. The number of aliphatic hydroxyl groups excluding tert-OH is 1. The van der Waals surface area contributed by atoms with E-state index < -0.39 is 6.36 Å². The fraction of sp³-hybridized carbons (Fsp3) is 0.250. The number of ether oxygens (including phenoxy) is 2. The van der Waals surface area contributed by atoms with Gasteiger partial charge in [-0.15, -0.1) is 13.2 Å². The molecule has 0 atom stereocenters. The van der Waals surface area contributed by atoms with Crippen molar-refractivity contribution in [3.05, 3.63) is 42.0 Å². The lowest BCUT2D eigenvalue weighted by Crippen LogP contribution is -2.27. The van der Waals surface area contributed by atoms with Crippen LogP contribution in [0.2, 0.25) is 0 Å². The molecule has 4 aromatic rings. The first kappa shape index (κ1) is 22.8. The van der Waals surface area contributed by atoms with Crippen LogP contribution in [-0.2, 0) is 4.74 Å². The molecular weight excluding hydrogens is 463 g/mol. The molecule has 13 heteroatoms. The molecule has 4 rings (SSSR count). The summed E-state index contributed by atoms with van der Waals surface area (Å²) in [6, 6.07) is 8.88. The first-order valence-electron chi connectivity index (χ1n) is 9.71. The van der Waals surface area contributed by atoms with Gasteiger partial charge in [0.05, 0.1) is 41.1 Å². The van der Waals surface area contributed by atoms with E-state index in [2.05, 4.69) is 30.3 Å². The van der Waals surface area contributed by atoms with Gasteiger partial charge in [0, 0.05) is 18.2 Å². The molecule has 0 radical (unpaired) electrons. The Bertz CT molecular complexity index is 1270. The predicted octanol–water partition coefficient (Wildman–Crippen LogP) is 3.55. The van der Waals surface area contributed by atoms with Gasteiger partial charge in [-0.1, -0.05) is 11.3 Å². The van der Waals surface area contributed by atoms with Crippen molar-refractivity contribution < 1.29 is 32.5 Å². The van der Waals surface area contributed by atoms with Crippen molar-refractivity contribution in [2.75, 3.05) is 31.7 Å². The van der Waals surface area contributed by atoms with Gasteiger partial charge in [-0.3, -0.25) is 4.79 Å². The molecule has 0 saturated heterocycles. The smallest absolute Gasteiger partial charge is 0.406 e. The summed E-state index contributed by atoms with van der Waals surface area (Å²) in [7, 11) is 0. The minimum Gasteiger partial charge on any atom is -0.406 e. The van der Waals surface area contributed by atoms with Gasteiger partial charge in [0.15, 0.2) is 5.13 Å². The normalized spacial score (nSPS) is 11.8. The zero-order valence-corrected chi connectivity index (χ0v) is 17.7. The molecule has 2 aromatic heterocycles. The van der Waals surface area contributed by atoms with Crippen molar-refractivity contribution in [2.45, 2.75) is 6.36 Å². The maximum absolute atomic E-state index is 12.4. The van der Waals surface area contributed by atoms with Gasteiger partial charge < -0.3 is 30.2 Å². The lowest BCUT2D eigenvalue weighted by atomic mass is 10.2. The number of imidazole rings is 1. The Hall–Kier alpha value is -3.42. The largest absolute Gasteiger partial charge is 0.573 e. The number of benzene rings is 2. The molecule has 0 fully saturated rings. The van der Waals surface area contributed by atoms with E-state index in [-0.39, 0.29) is 24.9 Å². The van der Waals surface area contributed by atoms with Crippen LogP contribution in [0.3, 0.4) is 0 Å². The molecule has 9 nitrogen and oxygen atoms in total. The third-order valence-corrected chi connectivity index (χ3v) is 5.26. The topological polar surface area (TPSA) is 121 Å². The number of anilines is 2. The summed E-state index contributed by atoms with van der Waals surface area (Å²) in [5.74, 6) is -0.234. The first-order valence-corrected chi connectivity index (χ1v) is 10.5. The Morgan fingerprint density at radius 2 is 1.94 bits per heavy atom. The van der Waals surface area contributed by atoms with Crippen LogP contribution >= 0.6 is 11.3 Å². The molecule has 0 bridgehead atoms. The number of aromatic nitrogens is 3. The van der Waals surface area contributed by atoms with E-state index in [1.807, 2.05) is 0 Å². The number of amides is 1. The molecule has 0 aliphatic rings. The lowest BCUT2D eigenvalue weighted by Gasteiger charge is -2.07. The van der Waals surface area contributed by atoms with Crippen LogP contribution in [0.5, 0.6) is 5.75 Å². The number of nitrogens with zero attached hydrogens (tertiary/aromatic N) is 2. The highest BCUT2D eigenvalue weighted by Crippen LogP contribution is 2.32. The first-order chi connectivity index (χ1) is 15.8. The van der Waals surface area contributed by atoms with Crippen molar-refractivity contribution in [3.63, 3.8) is 0 Å². The summed E-state index contributed by atoms with van der Waals surface area (Å²) < 4.78 is 46.8. The Kier molecular flexibility index (Phi) is 6.62. The van der Waals surface area contributed by atoms with Gasteiger partial charge in [-0.2, -0.15) is 0 Å². The molecule has 174 valence electrons. The molecule has 0 spiro atoms.